The van der Waals surface area contributed by atoms with Crippen LogP contribution in [0.2, 0.25) is 0 Å². The van der Waals surface area contributed by atoms with E-state index in [1.54, 1.807) is 0 Å². The maximum Gasteiger partial charge on any atom is 0.187 e. The number of thioether (sulfide) groups is 1. The van der Waals surface area contributed by atoms with Gasteiger partial charge in [-0.05, 0) is 38.2 Å². The summed E-state index contributed by atoms with van der Waals surface area (Å²) in [6, 6.07) is 2.03. The maximum atomic E-state index is 4.53. The molecule has 1 aromatic heterocycles. The van der Waals surface area contributed by atoms with Crippen LogP contribution in [0.5, 0.6) is 0 Å². The van der Waals surface area contributed by atoms with E-state index >= 15 is 0 Å². The summed E-state index contributed by atoms with van der Waals surface area (Å²) < 4.78 is 0. The Kier molecular flexibility index (Phi) is 7.37. The van der Waals surface area contributed by atoms with Crippen LogP contribution < -0.4 is 0 Å². The first kappa shape index (κ1) is 17.0. The van der Waals surface area contributed by atoms with Gasteiger partial charge in [0.15, 0.2) is 5.16 Å². The molecular weight excluding hydrogens is 320 g/mol. The number of rotatable bonds is 8. The predicted octanol–water partition coefficient (Wildman–Crippen LogP) is 5.17. The van der Waals surface area contributed by atoms with Crippen LogP contribution in [0.15, 0.2) is 11.2 Å². The molecule has 2 nitrogen and oxygen atoms in total. The van der Waals surface area contributed by atoms with Crippen molar-refractivity contribution in [2.24, 2.45) is 5.41 Å². The second kappa shape index (κ2) is 8.25. The van der Waals surface area contributed by atoms with Gasteiger partial charge in [-0.1, -0.05) is 54.4 Å². The zero-order valence-electron chi connectivity index (χ0n) is 12.5. The Morgan fingerprint density at radius 3 is 2.05 bits per heavy atom. The lowest BCUT2D eigenvalue weighted by Crippen LogP contribution is -2.25. The molecule has 0 aliphatic rings. The van der Waals surface area contributed by atoms with Gasteiger partial charge in [-0.25, -0.2) is 9.97 Å². The third-order valence-electron chi connectivity index (χ3n) is 3.31. The van der Waals surface area contributed by atoms with E-state index in [1.807, 2.05) is 31.7 Å². The van der Waals surface area contributed by atoms with E-state index in [0.29, 0.717) is 5.41 Å². The van der Waals surface area contributed by atoms with Crippen LogP contribution in [0, 0.1) is 19.3 Å². The van der Waals surface area contributed by atoms with Crippen molar-refractivity contribution >= 4 is 27.7 Å². The molecule has 0 unspecified atom stereocenters. The fraction of sp³-hybridized carbons (Fsp3) is 0.733. The number of alkyl halides is 1. The zero-order valence-corrected chi connectivity index (χ0v) is 14.9. The molecule has 108 valence electrons. The molecule has 0 aliphatic carbocycles. The maximum absolute atomic E-state index is 4.53. The molecule has 4 heteroatoms. The van der Waals surface area contributed by atoms with E-state index in [4.69, 9.17) is 0 Å². The summed E-state index contributed by atoms with van der Waals surface area (Å²) in [6.07, 6.45) is 5.01. The van der Waals surface area contributed by atoms with Crippen molar-refractivity contribution in [3.05, 3.63) is 17.5 Å². The van der Waals surface area contributed by atoms with Crippen LogP contribution in [-0.4, -0.2) is 21.1 Å². The summed E-state index contributed by atoms with van der Waals surface area (Å²) in [6.45, 7) is 8.61. The van der Waals surface area contributed by atoms with Gasteiger partial charge in [0.1, 0.15) is 0 Å². The highest BCUT2D eigenvalue weighted by atomic mass is 79.9. The number of hydrogen-bond donors (Lipinski definition) is 0. The Hall–Kier alpha value is -0.0900. The van der Waals surface area contributed by atoms with Gasteiger partial charge in [0.05, 0.1) is 0 Å². The Balaban J connectivity index is 2.74. The number of aryl methyl sites for hydroxylation is 2. The van der Waals surface area contributed by atoms with Gasteiger partial charge in [-0.15, -0.1) is 0 Å². The normalized spacial score (nSPS) is 11.8. The molecule has 1 aromatic rings. The standard InChI is InChI=1S/C15H25BrN2S/c1-5-7-15(10-16,8-6-2)11-19-14-17-12(3)9-13(4)18-14/h9H,5-8,10-11H2,1-4H3. The van der Waals surface area contributed by atoms with Gasteiger partial charge < -0.3 is 0 Å². The molecule has 0 radical (unpaired) electrons. The van der Waals surface area contributed by atoms with Gasteiger partial charge in [0.25, 0.3) is 0 Å². The monoisotopic (exact) mass is 344 g/mol. The average Bonchev–Trinajstić information content (AvgIpc) is 2.35. The minimum atomic E-state index is 0.384. The quantitative estimate of drug-likeness (QED) is 0.369. The van der Waals surface area contributed by atoms with E-state index < -0.39 is 0 Å². The Morgan fingerprint density at radius 1 is 1.11 bits per heavy atom. The highest BCUT2D eigenvalue weighted by Gasteiger charge is 2.27. The summed E-state index contributed by atoms with van der Waals surface area (Å²) >= 11 is 5.53. The number of halogens is 1. The van der Waals surface area contributed by atoms with E-state index in [-0.39, 0.29) is 0 Å². The first-order chi connectivity index (χ1) is 9.05. The average molecular weight is 345 g/mol. The fourth-order valence-electron chi connectivity index (χ4n) is 2.48. The van der Waals surface area contributed by atoms with Gasteiger partial charge in [-0.3, -0.25) is 0 Å². The molecule has 1 heterocycles. The van der Waals surface area contributed by atoms with E-state index in [2.05, 4.69) is 39.7 Å². The molecular formula is C15H25BrN2S. The van der Waals surface area contributed by atoms with Gasteiger partial charge >= 0.3 is 0 Å². The SMILES string of the molecule is CCCC(CBr)(CCC)CSc1nc(C)cc(C)n1. The van der Waals surface area contributed by atoms with Crippen LogP contribution in [0.25, 0.3) is 0 Å². The lowest BCUT2D eigenvalue weighted by Gasteiger charge is -2.31. The van der Waals surface area contributed by atoms with Crippen LogP contribution in [-0.2, 0) is 0 Å². The molecule has 0 bridgehead atoms. The first-order valence-corrected chi connectivity index (χ1v) is 9.17. The highest BCUT2D eigenvalue weighted by molar-refractivity contribution is 9.09. The third kappa shape index (κ3) is 5.42. The van der Waals surface area contributed by atoms with Crippen molar-refractivity contribution in [1.29, 1.82) is 0 Å². The molecule has 1 rings (SSSR count). The molecule has 0 saturated heterocycles. The van der Waals surface area contributed by atoms with Crippen LogP contribution in [0.4, 0.5) is 0 Å². The summed E-state index contributed by atoms with van der Waals surface area (Å²) in [5.41, 5.74) is 2.51. The van der Waals surface area contributed by atoms with Crippen molar-refractivity contribution in [3.8, 4) is 0 Å². The highest BCUT2D eigenvalue weighted by Crippen LogP contribution is 2.37. The minimum Gasteiger partial charge on any atom is -0.228 e. The van der Waals surface area contributed by atoms with Crippen LogP contribution in [0.1, 0.15) is 50.9 Å². The van der Waals surface area contributed by atoms with Crippen LogP contribution >= 0.6 is 27.7 Å². The van der Waals surface area contributed by atoms with Crippen LogP contribution in [0.3, 0.4) is 0 Å². The Bertz CT molecular complexity index is 369. The van der Waals surface area contributed by atoms with Crippen molar-refractivity contribution in [3.63, 3.8) is 0 Å². The van der Waals surface area contributed by atoms with Gasteiger partial charge in [0.2, 0.25) is 0 Å². The number of aromatic nitrogens is 2. The minimum absolute atomic E-state index is 0.384. The molecule has 0 fully saturated rings. The Morgan fingerprint density at radius 2 is 1.63 bits per heavy atom. The van der Waals surface area contributed by atoms with Crippen molar-refractivity contribution in [1.82, 2.24) is 9.97 Å². The largest absolute Gasteiger partial charge is 0.228 e. The lowest BCUT2D eigenvalue weighted by molar-refractivity contribution is 0.320. The van der Waals surface area contributed by atoms with E-state index in [0.717, 1.165) is 27.6 Å². The molecule has 0 saturated carbocycles. The molecule has 0 amide bonds. The Labute approximate surface area is 130 Å². The third-order valence-corrected chi connectivity index (χ3v) is 5.70. The smallest absolute Gasteiger partial charge is 0.187 e. The topological polar surface area (TPSA) is 25.8 Å². The molecule has 0 N–H and O–H groups in total. The van der Waals surface area contributed by atoms with Crippen molar-refractivity contribution in [2.45, 2.75) is 58.5 Å². The second-order valence-corrected chi connectivity index (χ2v) is 6.86. The molecule has 0 aliphatic heterocycles. The number of nitrogens with zero attached hydrogens (tertiary/aromatic N) is 2. The fourth-order valence-corrected chi connectivity index (χ4v) is 4.74. The molecule has 0 spiro atoms. The first-order valence-electron chi connectivity index (χ1n) is 7.06. The summed E-state index contributed by atoms with van der Waals surface area (Å²) in [4.78, 5) is 9.06. The van der Waals surface area contributed by atoms with Crippen molar-refractivity contribution < 1.29 is 0 Å². The summed E-state index contributed by atoms with van der Waals surface area (Å²) in [5.74, 6) is 1.10. The molecule has 19 heavy (non-hydrogen) atoms. The van der Waals surface area contributed by atoms with E-state index in [1.165, 1.54) is 25.7 Å². The van der Waals surface area contributed by atoms with Gasteiger partial charge in [0, 0.05) is 22.5 Å². The molecule has 0 atom stereocenters. The summed E-state index contributed by atoms with van der Waals surface area (Å²) in [7, 11) is 0. The molecule has 0 aromatic carbocycles. The second-order valence-electron chi connectivity index (χ2n) is 5.36. The zero-order chi connectivity index (χ0) is 14.3. The van der Waals surface area contributed by atoms with Crippen molar-refractivity contribution in [2.75, 3.05) is 11.1 Å². The van der Waals surface area contributed by atoms with Gasteiger partial charge in [-0.2, -0.15) is 0 Å². The predicted molar refractivity (Wildman–Crippen MR) is 88.3 cm³/mol. The summed E-state index contributed by atoms with van der Waals surface area (Å²) in [5, 5.41) is 1.99. The van der Waals surface area contributed by atoms with E-state index in [9.17, 15) is 0 Å². The lowest BCUT2D eigenvalue weighted by atomic mass is 9.83. The number of hydrogen-bond acceptors (Lipinski definition) is 3.